The number of nitrogens with zero attached hydrogens (tertiary/aromatic N) is 1. The largest absolute Gasteiger partial charge is 0.398 e. The minimum absolute atomic E-state index is 0.890. The van der Waals surface area contributed by atoms with Crippen molar-refractivity contribution in [1.29, 1.82) is 0 Å². The highest BCUT2D eigenvalue weighted by Crippen LogP contribution is 2.26. The average molecular weight is 268 g/mol. The van der Waals surface area contributed by atoms with E-state index in [1.54, 1.807) is 0 Å². The Hall–Kier alpha value is -1.54. The highest BCUT2D eigenvalue weighted by molar-refractivity contribution is 5.86. The van der Waals surface area contributed by atoms with Gasteiger partial charge in [0.15, 0.2) is 0 Å². The van der Waals surface area contributed by atoms with Crippen molar-refractivity contribution in [2.75, 3.05) is 18.8 Å². The molecule has 2 nitrogen and oxygen atoms in total. The van der Waals surface area contributed by atoms with E-state index < -0.39 is 0 Å². The number of likely N-dealkylation sites (tertiary alicyclic amines) is 1. The molecule has 106 valence electrons. The third kappa shape index (κ3) is 2.80. The lowest BCUT2D eigenvalue weighted by molar-refractivity contribution is 0.313. The van der Waals surface area contributed by atoms with Gasteiger partial charge in [-0.25, -0.2) is 0 Å². The lowest BCUT2D eigenvalue weighted by Gasteiger charge is -2.18. The molecule has 1 heterocycles. The molecular weight excluding hydrogens is 244 g/mol. The van der Waals surface area contributed by atoms with Crippen LogP contribution in [0.2, 0.25) is 0 Å². The fourth-order valence-electron chi connectivity index (χ4n) is 3.38. The number of hydrogen-bond acceptors (Lipinski definition) is 2. The molecule has 0 radical (unpaired) electrons. The fourth-order valence-corrected chi connectivity index (χ4v) is 3.38. The average Bonchev–Trinajstić information content (AvgIpc) is 2.87. The van der Waals surface area contributed by atoms with E-state index in [1.807, 2.05) is 0 Å². The quantitative estimate of drug-likeness (QED) is 0.848. The first-order chi connectivity index (χ1) is 9.76. The molecular formula is C18H24N2. The van der Waals surface area contributed by atoms with Crippen LogP contribution in [0.1, 0.15) is 31.7 Å². The third-order valence-corrected chi connectivity index (χ3v) is 4.47. The van der Waals surface area contributed by atoms with Gasteiger partial charge in [-0.05, 0) is 53.8 Å². The Morgan fingerprint density at radius 3 is 2.70 bits per heavy atom. The first-order valence-electron chi connectivity index (χ1n) is 7.75. The number of fused-ring (bicyclic) bond motifs is 1. The number of benzene rings is 2. The zero-order valence-corrected chi connectivity index (χ0v) is 12.3. The zero-order chi connectivity index (χ0) is 13.9. The maximum Gasteiger partial charge on any atom is 0.0366 e. The highest BCUT2D eigenvalue weighted by Gasteiger charge is 2.22. The van der Waals surface area contributed by atoms with Crippen molar-refractivity contribution in [1.82, 2.24) is 4.90 Å². The van der Waals surface area contributed by atoms with Crippen LogP contribution in [0, 0.1) is 5.92 Å². The predicted octanol–water partition coefficient (Wildman–Crippen LogP) is 4.04. The second kappa shape index (κ2) is 5.84. The number of nitrogen functional groups attached to an aromatic ring is 1. The number of rotatable bonds is 4. The lowest BCUT2D eigenvalue weighted by Crippen LogP contribution is -2.20. The molecule has 1 atom stereocenters. The van der Waals surface area contributed by atoms with Crippen LogP contribution in [-0.2, 0) is 6.54 Å². The Kier molecular flexibility index (Phi) is 3.93. The summed E-state index contributed by atoms with van der Waals surface area (Å²) in [6.45, 7) is 5.73. The molecule has 3 rings (SSSR count). The van der Waals surface area contributed by atoms with Crippen molar-refractivity contribution in [3.05, 3.63) is 42.0 Å². The fraction of sp³-hybridized carbons (Fsp3) is 0.444. The van der Waals surface area contributed by atoms with Crippen molar-refractivity contribution in [3.63, 3.8) is 0 Å². The molecule has 1 aliphatic rings. The molecule has 1 saturated heterocycles. The van der Waals surface area contributed by atoms with E-state index in [9.17, 15) is 0 Å². The summed E-state index contributed by atoms with van der Waals surface area (Å²) >= 11 is 0. The van der Waals surface area contributed by atoms with Gasteiger partial charge in [-0.3, -0.25) is 4.90 Å². The second-order valence-electron chi connectivity index (χ2n) is 6.08. The third-order valence-electron chi connectivity index (χ3n) is 4.47. The number of hydrogen-bond donors (Lipinski definition) is 1. The Balaban J connectivity index is 1.76. The van der Waals surface area contributed by atoms with Crippen LogP contribution in [0.3, 0.4) is 0 Å². The summed E-state index contributed by atoms with van der Waals surface area (Å²) in [4.78, 5) is 2.56. The molecule has 20 heavy (non-hydrogen) atoms. The van der Waals surface area contributed by atoms with Gasteiger partial charge in [0.2, 0.25) is 0 Å². The van der Waals surface area contributed by atoms with Gasteiger partial charge in [-0.2, -0.15) is 0 Å². The summed E-state index contributed by atoms with van der Waals surface area (Å²) in [7, 11) is 0. The second-order valence-corrected chi connectivity index (χ2v) is 6.08. The first kappa shape index (κ1) is 13.4. The molecule has 0 amide bonds. The van der Waals surface area contributed by atoms with Gasteiger partial charge in [0.1, 0.15) is 0 Å². The Labute approximate surface area is 121 Å². The van der Waals surface area contributed by atoms with Gasteiger partial charge >= 0.3 is 0 Å². The lowest BCUT2D eigenvalue weighted by atomic mass is 10.0. The van der Waals surface area contributed by atoms with E-state index >= 15 is 0 Å². The van der Waals surface area contributed by atoms with Crippen molar-refractivity contribution >= 4 is 16.5 Å². The van der Waals surface area contributed by atoms with Gasteiger partial charge in [0.25, 0.3) is 0 Å². The van der Waals surface area contributed by atoms with Gasteiger partial charge in [-0.15, -0.1) is 0 Å². The van der Waals surface area contributed by atoms with E-state index in [4.69, 9.17) is 5.73 Å². The molecule has 2 heteroatoms. The van der Waals surface area contributed by atoms with Gasteiger partial charge < -0.3 is 5.73 Å². The topological polar surface area (TPSA) is 29.3 Å². The Morgan fingerprint density at radius 1 is 1.20 bits per heavy atom. The molecule has 2 aromatic rings. The van der Waals surface area contributed by atoms with E-state index in [-0.39, 0.29) is 0 Å². The summed E-state index contributed by atoms with van der Waals surface area (Å²) in [5, 5.41) is 2.53. The Bertz CT molecular complexity index is 591. The standard InChI is InChI=1S/C18H24N2/c1-2-5-14-8-9-20(12-14)13-17-10-15-6-3-4-7-16(15)11-18(17)19/h3-4,6-7,10-11,14H,2,5,8-9,12-13,19H2,1H3. The van der Waals surface area contributed by atoms with Crippen molar-refractivity contribution in [2.24, 2.45) is 5.92 Å². The Morgan fingerprint density at radius 2 is 1.95 bits per heavy atom. The van der Waals surface area contributed by atoms with Crippen LogP contribution >= 0.6 is 0 Å². The predicted molar refractivity (Wildman–Crippen MR) is 86.7 cm³/mol. The molecule has 1 fully saturated rings. The maximum atomic E-state index is 6.23. The van der Waals surface area contributed by atoms with E-state index in [0.717, 1.165) is 18.2 Å². The van der Waals surface area contributed by atoms with Crippen LogP contribution in [0.4, 0.5) is 5.69 Å². The van der Waals surface area contributed by atoms with Crippen LogP contribution < -0.4 is 5.73 Å². The molecule has 1 aliphatic heterocycles. The minimum Gasteiger partial charge on any atom is -0.398 e. The highest BCUT2D eigenvalue weighted by atomic mass is 15.1. The smallest absolute Gasteiger partial charge is 0.0366 e. The van der Waals surface area contributed by atoms with Crippen LogP contribution in [0.25, 0.3) is 10.8 Å². The van der Waals surface area contributed by atoms with Gasteiger partial charge in [0.05, 0.1) is 0 Å². The number of nitrogens with two attached hydrogens (primary N) is 1. The monoisotopic (exact) mass is 268 g/mol. The first-order valence-corrected chi connectivity index (χ1v) is 7.75. The molecule has 0 aliphatic carbocycles. The van der Waals surface area contributed by atoms with E-state index in [0.29, 0.717) is 0 Å². The van der Waals surface area contributed by atoms with Crippen molar-refractivity contribution < 1.29 is 0 Å². The van der Waals surface area contributed by atoms with Gasteiger partial charge in [0, 0.05) is 18.8 Å². The minimum atomic E-state index is 0.890. The van der Waals surface area contributed by atoms with E-state index in [1.165, 1.54) is 48.7 Å². The molecule has 0 bridgehead atoms. The summed E-state index contributed by atoms with van der Waals surface area (Å²) in [5.41, 5.74) is 8.44. The van der Waals surface area contributed by atoms with Crippen LogP contribution in [0.5, 0.6) is 0 Å². The molecule has 0 saturated carbocycles. The molecule has 0 aromatic heterocycles. The van der Waals surface area contributed by atoms with Crippen molar-refractivity contribution in [2.45, 2.75) is 32.7 Å². The molecule has 2 N–H and O–H groups in total. The summed E-state index contributed by atoms with van der Waals surface area (Å²) < 4.78 is 0. The normalized spacial score (nSPS) is 19.8. The molecule has 0 spiro atoms. The SMILES string of the molecule is CCCC1CCN(Cc2cc3ccccc3cc2N)C1. The summed E-state index contributed by atoms with van der Waals surface area (Å²) in [6, 6.07) is 12.8. The zero-order valence-electron chi connectivity index (χ0n) is 12.3. The van der Waals surface area contributed by atoms with E-state index in [2.05, 4.69) is 48.2 Å². The van der Waals surface area contributed by atoms with Crippen LogP contribution in [-0.4, -0.2) is 18.0 Å². The maximum absolute atomic E-state index is 6.23. The molecule has 2 aromatic carbocycles. The van der Waals surface area contributed by atoms with Gasteiger partial charge in [-0.1, -0.05) is 37.6 Å². The molecule has 1 unspecified atom stereocenters. The number of anilines is 1. The van der Waals surface area contributed by atoms with Crippen molar-refractivity contribution in [3.8, 4) is 0 Å². The van der Waals surface area contributed by atoms with Crippen LogP contribution in [0.15, 0.2) is 36.4 Å². The summed E-state index contributed by atoms with van der Waals surface area (Å²) in [5.74, 6) is 0.890. The summed E-state index contributed by atoms with van der Waals surface area (Å²) in [6.07, 6.45) is 4.02.